The number of ether oxygens (including phenoxy) is 1. The van der Waals surface area contributed by atoms with Gasteiger partial charge in [-0.15, -0.1) is 0 Å². The van der Waals surface area contributed by atoms with Crippen molar-refractivity contribution in [1.82, 2.24) is 9.97 Å². The predicted octanol–water partition coefficient (Wildman–Crippen LogP) is 1.12. The molecule has 0 aliphatic carbocycles. The Balaban J connectivity index is 2.57. The number of carbonyl (C=O) groups excluding carboxylic acids is 1. The van der Waals surface area contributed by atoms with Crippen LogP contribution in [0, 0.1) is 0 Å². The first kappa shape index (κ1) is 9.39. The summed E-state index contributed by atoms with van der Waals surface area (Å²) in [6, 6.07) is 4.74. The van der Waals surface area contributed by atoms with Gasteiger partial charge in [0.25, 0.3) is 0 Å². The van der Waals surface area contributed by atoms with Gasteiger partial charge in [0.15, 0.2) is 0 Å². The van der Waals surface area contributed by atoms with E-state index in [9.17, 15) is 4.79 Å². The van der Waals surface area contributed by atoms with Crippen LogP contribution < -0.4 is 0 Å². The number of rotatable bonds is 1. The average Bonchev–Trinajstić information content (AvgIpc) is 2.27. The van der Waals surface area contributed by atoms with Crippen molar-refractivity contribution in [3.63, 3.8) is 0 Å². The summed E-state index contributed by atoms with van der Waals surface area (Å²) in [4.78, 5) is 19.0. The standard InChI is InChI=1S/C10H8N2O3/c1-15-10(14)6-2-3-7-8(4-6)11-5-9(13)12-7/h2-5H,1H3,(H,12,13). The third-order valence-electron chi connectivity index (χ3n) is 1.95. The van der Waals surface area contributed by atoms with Crippen LogP contribution in [0.25, 0.3) is 11.0 Å². The minimum Gasteiger partial charge on any atom is -0.492 e. The molecule has 1 N–H and O–H groups in total. The van der Waals surface area contributed by atoms with Crippen LogP contribution in [0.15, 0.2) is 24.4 Å². The van der Waals surface area contributed by atoms with Crippen molar-refractivity contribution >= 4 is 17.0 Å². The topological polar surface area (TPSA) is 72.3 Å². The smallest absolute Gasteiger partial charge is 0.337 e. The van der Waals surface area contributed by atoms with E-state index in [-0.39, 0.29) is 5.88 Å². The first-order chi connectivity index (χ1) is 7.20. The van der Waals surface area contributed by atoms with E-state index in [0.29, 0.717) is 16.6 Å². The normalized spacial score (nSPS) is 10.2. The first-order valence-electron chi connectivity index (χ1n) is 4.25. The highest BCUT2D eigenvalue weighted by Gasteiger charge is 2.07. The summed E-state index contributed by atoms with van der Waals surface area (Å²) in [6.45, 7) is 0. The summed E-state index contributed by atoms with van der Waals surface area (Å²) < 4.78 is 4.57. The van der Waals surface area contributed by atoms with Crippen molar-refractivity contribution in [2.24, 2.45) is 0 Å². The first-order valence-corrected chi connectivity index (χ1v) is 4.25. The molecule has 5 nitrogen and oxygen atoms in total. The van der Waals surface area contributed by atoms with E-state index < -0.39 is 5.97 Å². The van der Waals surface area contributed by atoms with E-state index in [1.165, 1.54) is 13.3 Å². The monoisotopic (exact) mass is 204 g/mol. The molecule has 1 heterocycles. The fourth-order valence-corrected chi connectivity index (χ4v) is 1.25. The molecular formula is C10H8N2O3. The largest absolute Gasteiger partial charge is 0.492 e. The van der Waals surface area contributed by atoms with Gasteiger partial charge in [-0.1, -0.05) is 0 Å². The van der Waals surface area contributed by atoms with Crippen molar-refractivity contribution in [1.29, 1.82) is 0 Å². The maximum Gasteiger partial charge on any atom is 0.337 e. The molecular weight excluding hydrogens is 196 g/mol. The molecule has 0 unspecified atom stereocenters. The lowest BCUT2D eigenvalue weighted by atomic mass is 10.2. The Labute approximate surface area is 85.4 Å². The van der Waals surface area contributed by atoms with Crippen LogP contribution in [-0.4, -0.2) is 28.2 Å². The van der Waals surface area contributed by atoms with Gasteiger partial charge in [-0.25, -0.2) is 14.8 Å². The minimum absolute atomic E-state index is 0.145. The average molecular weight is 204 g/mol. The number of aromatic hydroxyl groups is 1. The molecule has 0 aliphatic heterocycles. The molecule has 0 saturated heterocycles. The molecule has 15 heavy (non-hydrogen) atoms. The second-order valence-corrected chi connectivity index (χ2v) is 2.92. The Morgan fingerprint density at radius 2 is 2.20 bits per heavy atom. The molecule has 0 amide bonds. The summed E-state index contributed by atoms with van der Waals surface area (Å²) in [7, 11) is 1.31. The number of esters is 1. The highest BCUT2D eigenvalue weighted by Crippen LogP contribution is 2.14. The molecule has 1 aromatic heterocycles. The lowest BCUT2D eigenvalue weighted by Crippen LogP contribution is -2.01. The van der Waals surface area contributed by atoms with Crippen LogP contribution >= 0.6 is 0 Å². The van der Waals surface area contributed by atoms with Gasteiger partial charge in [-0.3, -0.25) is 0 Å². The van der Waals surface area contributed by atoms with Crippen LogP contribution in [0.5, 0.6) is 5.88 Å². The number of hydrogen-bond donors (Lipinski definition) is 1. The zero-order valence-corrected chi connectivity index (χ0v) is 7.97. The Morgan fingerprint density at radius 1 is 1.40 bits per heavy atom. The van der Waals surface area contributed by atoms with Gasteiger partial charge in [0, 0.05) is 0 Å². The van der Waals surface area contributed by atoms with Gasteiger partial charge in [0.05, 0.1) is 29.9 Å². The third-order valence-corrected chi connectivity index (χ3v) is 1.95. The van der Waals surface area contributed by atoms with E-state index in [1.807, 2.05) is 0 Å². The van der Waals surface area contributed by atoms with Crippen LogP contribution in [0.4, 0.5) is 0 Å². The van der Waals surface area contributed by atoms with Crippen molar-refractivity contribution in [3.8, 4) is 5.88 Å². The number of nitrogens with zero attached hydrogens (tertiary/aromatic N) is 2. The highest BCUT2D eigenvalue weighted by molar-refractivity contribution is 5.93. The maximum atomic E-state index is 11.2. The molecule has 0 bridgehead atoms. The molecule has 2 aromatic rings. The lowest BCUT2D eigenvalue weighted by molar-refractivity contribution is 0.0601. The summed E-state index contributed by atoms with van der Waals surface area (Å²) in [5.74, 6) is -0.569. The number of aromatic nitrogens is 2. The van der Waals surface area contributed by atoms with E-state index in [0.717, 1.165) is 0 Å². The van der Waals surface area contributed by atoms with E-state index in [1.54, 1.807) is 18.2 Å². The van der Waals surface area contributed by atoms with Crippen molar-refractivity contribution in [2.75, 3.05) is 7.11 Å². The molecule has 0 saturated carbocycles. The Kier molecular flexibility index (Phi) is 2.21. The lowest BCUT2D eigenvalue weighted by Gasteiger charge is -2.00. The van der Waals surface area contributed by atoms with E-state index in [2.05, 4.69) is 14.7 Å². The van der Waals surface area contributed by atoms with Gasteiger partial charge in [0.1, 0.15) is 0 Å². The van der Waals surface area contributed by atoms with Crippen molar-refractivity contribution < 1.29 is 14.6 Å². The number of carbonyl (C=O) groups is 1. The minimum atomic E-state index is -0.424. The maximum absolute atomic E-state index is 11.2. The Morgan fingerprint density at radius 3 is 2.93 bits per heavy atom. The molecule has 1 aromatic carbocycles. The highest BCUT2D eigenvalue weighted by atomic mass is 16.5. The van der Waals surface area contributed by atoms with Crippen LogP contribution in [0.2, 0.25) is 0 Å². The van der Waals surface area contributed by atoms with E-state index in [4.69, 9.17) is 5.11 Å². The van der Waals surface area contributed by atoms with Crippen molar-refractivity contribution in [3.05, 3.63) is 30.0 Å². The van der Waals surface area contributed by atoms with Crippen LogP contribution in [0.1, 0.15) is 10.4 Å². The molecule has 5 heteroatoms. The molecule has 0 radical (unpaired) electrons. The SMILES string of the molecule is COC(=O)c1ccc2nc(O)cnc2c1. The molecule has 76 valence electrons. The summed E-state index contributed by atoms with van der Waals surface area (Å²) in [5, 5.41) is 9.09. The molecule has 0 aliphatic rings. The zero-order valence-electron chi connectivity index (χ0n) is 7.97. The fraction of sp³-hybridized carbons (Fsp3) is 0.100. The second kappa shape index (κ2) is 3.53. The van der Waals surface area contributed by atoms with Gasteiger partial charge >= 0.3 is 5.97 Å². The van der Waals surface area contributed by atoms with E-state index >= 15 is 0 Å². The third kappa shape index (κ3) is 1.71. The zero-order chi connectivity index (χ0) is 10.8. The quantitative estimate of drug-likeness (QED) is 0.705. The Bertz CT molecular complexity index is 525. The molecule has 0 fully saturated rings. The second-order valence-electron chi connectivity index (χ2n) is 2.92. The molecule has 0 atom stereocenters. The number of hydrogen-bond acceptors (Lipinski definition) is 5. The van der Waals surface area contributed by atoms with Crippen LogP contribution in [0.3, 0.4) is 0 Å². The Hall–Kier alpha value is -2.17. The molecule has 2 rings (SSSR count). The summed E-state index contributed by atoms with van der Waals surface area (Å²) >= 11 is 0. The fourth-order valence-electron chi connectivity index (χ4n) is 1.25. The van der Waals surface area contributed by atoms with Gasteiger partial charge < -0.3 is 9.84 Å². The summed E-state index contributed by atoms with van der Waals surface area (Å²) in [5.41, 5.74) is 1.48. The molecule has 0 spiro atoms. The number of fused-ring (bicyclic) bond motifs is 1. The number of methoxy groups -OCH3 is 1. The van der Waals surface area contributed by atoms with Gasteiger partial charge in [-0.2, -0.15) is 0 Å². The van der Waals surface area contributed by atoms with Crippen molar-refractivity contribution in [2.45, 2.75) is 0 Å². The van der Waals surface area contributed by atoms with Crippen LogP contribution in [-0.2, 0) is 4.74 Å². The van der Waals surface area contributed by atoms with Gasteiger partial charge in [-0.05, 0) is 18.2 Å². The number of benzene rings is 1. The predicted molar refractivity (Wildman–Crippen MR) is 52.5 cm³/mol. The van der Waals surface area contributed by atoms with Gasteiger partial charge in [0.2, 0.25) is 5.88 Å². The summed E-state index contributed by atoms with van der Waals surface area (Å²) in [6.07, 6.45) is 1.23.